The topological polar surface area (TPSA) is 41.5 Å². The average molecular weight is 375 g/mol. The molecular weight excluding hydrogens is 361 g/mol. The van der Waals surface area contributed by atoms with Gasteiger partial charge in [-0.25, -0.2) is 4.39 Å². The number of benzene rings is 2. The van der Waals surface area contributed by atoms with Gasteiger partial charge in [-0.15, -0.1) is 0 Å². The lowest BCUT2D eigenvalue weighted by Crippen LogP contribution is -2.26. The number of nitrogens with one attached hydrogen (secondary N) is 1. The van der Waals surface area contributed by atoms with Crippen molar-refractivity contribution in [2.45, 2.75) is 6.10 Å². The Morgan fingerprint density at radius 1 is 1.24 bits per heavy atom. The Labute approximate surface area is 135 Å². The predicted molar refractivity (Wildman–Crippen MR) is 85.5 cm³/mol. The second-order valence-corrected chi connectivity index (χ2v) is 5.69. The summed E-state index contributed by atoms with van der Waals surface area (Å²) in [4.78, 5) is 0. The number of halogens is 3. The summed E-state index contributed by atoms with van der Waals surface area (Å²) in [5.41, 5.74) is 0.809. The monoisotopic (exact) mass is 373 g/mol. The molecule has 0 saturated carbocycles. The van der Waals surface area contributed by atoms with E-state index >= 15 is 0 Å². The van der Waals surface area contributed by atoms with E-state index in [4.69, 9.17) is 16.3 Å². The number of anilines is 1. The number of rotatable bonds is 6. The normalized spacial score (nSPS) is 12.0. The summed E-state index contributed by atoms with van der Waals surface area (Å²) in [5, 5.41) is 13.5. The fourth-order valence-electron chi connectivity index (χ4n) is 1.62. The number of aliphatic hydroxyl groups excluding tert-OH is 1. The fraction of sp³-hybridized carbons (Fsp3) is 0.200. The molecule has 0 aliphatic carbocycles. The van der Waals surface area contributed by atoms with Crippen molar-refractivity contribution in [1.29, 1.82) is 0 Å². The molecule has 0 aromatic heterocycles. The molecule has 21 heavy (non-hydrogen) atoms. The van der Waals surface area contributed by atoms with E-state index in [-0.39, 0.29) is 12.4 Å². The predicted octanol–water partition coefficient (Wildman–Crippen LogP) is 4.09. The Morgan fingerprint density at radius 2 is 1.95 bits per heavy atom. The van der Waals surface area contributed by atoms with Gasteiger partial charge in [0.25, 0.3) is 0 Å². The molecule has 0 aliphatic heterocycles. The van der Waals surface area contributed by atoms with Crippen molar-refractivity contribution in [3.05, 3.63) is 57.8 Å². The summed E-state index contributed by atoms with van der Waals surface area (Å²) in [6.07, 6.45) is -0.697. The highest BCUT2D eigenvalue weighted by molar-refractivity contribution is 9.10. The van der Waals surface area contributed by atoms with Crippen molar-refractivity contribution < 1.29 is 14.2 Å². The van der Waals surface area contributed by atoms with Crippen molar-refractivity contribution in [3.8, 4) is 5.75 Å². The summed E-state index contributed by atoms with van der Waals surface area (Å²) in [5.74, 6) is 0.193. The van der Waals surface area contributed by atoms with Crippen LogP contribution in [-0.2, 0) is 0 Å². The molecule has 0 bridgehead atoms. The zero-order valence-electron chi connectivity index (χ0n) is 11.0. The van der Waals surface area contributed by atoms with Crippen LogP contribution in [0.15, 0.2) is 46.9 Å². The molecule has 0 heterocycles. The first-order valence-electron chi connectivity index (χ1n) is 6.30. The van der Waals surface area contributed by atoms with Gasteiger partial charge in [0.2, 0.25) is 0 Å². The Hall–Kier alpha value is -1.30. The van der Waals surface area contributed by atoms with Crippen LogP contribution >= 0.6 is 27.5 Å². The quantitative estimate of drug-likeness (QED) is 0.800. The van der Waals surface area contributed by atoms with Gasteiger partial charge in [-0.1, -0.05) is 11.6 Å². The molecule has 6 heteroatoms. The minimum absolute atomic E-state index is 0.114. The molecule has 112 valence electrons. The van der Waals surface area contributed by atoms with Crippen LogP contribution in [0.5, 0.6) is 5.75 Å². The van der Waals surface area contributed by atoms with Gasteiger partial charge in [0.05, 0.1) is 5.02 Å². The van der Waals surface area contributed by atoms with Crippen LogP contribution in [0.25, 0.3) is 0 Å². The highest BCUT2D eigenvalue weighted by Gasteiger charge is 2.06. The molecule has 0 fully saturated rings. The first kappa shape index (κ1) is 16.1. The average Bonchev–Trinajstić information content (AvgIpc) is 2.48. The molecule has 2 N–H and O–H groups in total. The van der Waals surface area contributed by atoms with E-state index in [1.54, 1.807) is 6.07 Å². The van der Waals surface area contributed by atoms with E-state index in [1.807, 2.05) is 12.1 Å². The molecule has 2 aromatic rings. The van der Waals surface area contributed by atoms with Crippen LogP contribution in [0.1, 0.15) is 0 Å². The Morgan fingerprint density at radius 3 is 2.62 bits per heavy atom. The highest BCUT2D eigenvalue weighted by Crippen LogP contribution is 2.25. The third kappa shape index (κ3) is 5.19. The van der Waals surface area contributed by atoms with Crippen molar-refractivity contribution in [2.24, 2.45) is 0 Å². The van der Waals surface area contributed by atoms with E-state index in [0.29, 0.717) is 17.3 Å². The summed E-state index contributed by atoms with van der Waals surface area (Å²) < 4.78 is 18.9. The van der Waals surface area contributed by atoms with E-state index in [0.717, 1.165) is 10.2 Å². The second-order valence-electron chi connectivity index (χ2n) is 4.43. The van der Waals surface area contributed by atoms with Gasteiger partial charge in [-0.05, 0) is 58.4 Å². The summed E-state index contributed by atoms with van der Waals surface area (Å²) >= 11 is 9.29. The summed E-state index contributed by atoms with van der Waals surface area (Å²) in [7, 11) is 0. The maximum atomic E-state index is 12.7. The smallest absolute Gasteiger partial charge is 0.123 e. The van der Waals surface area contributed by atoms with E-state index < -0.39 is 6.10 Å². The van der Waals surface area contributed by atoms with Crippen molar-refractivity contribution in [3.63, 3.8) is 0 Å². The molecule has 1 atom stereocenters. The Bertz CT molecular complexity index is 595. The van der Waals surface area contributed by atoms with Gasteiger partial charge < -0.3 is 15.2 Å². The minimum atomic E-state index is -0.697. The standard InChI is InChI=1S/C15H14BrClFNO2/c16-14-6-3-11(7-15(14)17)19-8-12(20)9-21-13-4-1-10(18)2-5-13/h1-7,12,19-20H,8-9H2. The van der Waals surface area contributed by atoms with Gasteiger partial charge in [0, 0.05) is 16.7 Å². The third-order valence-electron chi connectivity index (χ3n) is 2.72. The first-order chi connectivity index (χ1) is 10.0. The Kier molecular flexibility index (Phi) is 5.85. The largest absolute Gasteiger partial charge is 0.491 e. The third-order valence-corrected chi connectivity index (χ3v) is 3.95. The molecule has 0 aliphatic rings. The van der Waals surface area contributed by atoms with Crippen molar-refractivity contribution >= 4 is 33.2 Å². The number of ether oxygens (including phenoxy) is 1. The van der Waals surface area contributed by atoms with Crippen molar-refractivity contribution in [2.75, 3.05) is 18.5 Å². The molecule has 0 spiro atoms. The van der Waals surface area contributed by atoms with Crippen LogP contribution in [0.3, 0.4) is 0 Å². The fourth-order valence-corrected chi connectivity index (χ4v) is 2.05. The molecule has 0 amide bonds. The highest BCUT2D eigenvalue weighted by atomic mass is 79.9. The summed E-state index contributed by atoms with van der Waals surface area (Å²) in [6, 6.07) is 11.1. The molecule has 0 saturated heterocycles. The lowest BCUT2D eigenvalue weighted by molar-refractivity contribution is 0.117. The molecule has 2 aromatic carbocycles. The molecular formula is C15H14BrClFNO2. The molecule has 1 unspecified atom stereocenters. The van der Waals surface area contributed by atoms with Crippen LogP contribution in [0, 0.1) is 5.82 Å². The van der Waals surface area contributed by atoms with Gasteiger partial charge in [-0.3, -0.25) is 0 Å². The van der Waals surface area contributed by atoms with Crippen LogP contribution in [0.2, 0.25) is 5.02 Å². The molecule has 2 rings (SSSR count). The van der Waals surface area contributed by atoms with Gasteiger partial charge in [-0.2, -0.15) is 0 Å². The first-order valence-corrected chi connectivity index (χ1v) is 7.47. The lowest BCUT2D eigenvalue weighted by Gasteiger charge is -2.14. The molecule has 0 radical (unpaired) electrons. The van der Waals surface area contributed by atoms with Crippen LogP contribution < -0.4 is 10.1 Å². The maximum absolute atomic E-state index is 12.7. The molecule has 3 nitrogen and oxygen atoms in total. The Balaban J connectivity index is 1.77. The second kappa shape index (κ2) is 7.64. The number of aliphatic hydroxyl groups is 1. The lowest BCUT2D eigenvalue weighted by atomic mass is 10.3. The zero-order chi connectivity index (χ0) is 15.2. The van der Waals surface area contributed by atoms with Gasteiger partial charge in [0.15, 0.2) is 0 Å². The number of hydrogen-bond acceptors (Lipinski definition) is 3. The van der Waals surface area contributed by atoms with Crippen LogP contribution in [-0.4, -0.2) is 24.4 Å². The SMILES string of the molecule is OC(CNc1ccc(Br)c(Cl)c1)COc1ccc(F)cc1. The van der Waals surface area contributed by atoms with E-state index in [2.05, 4.69) is 21.2 Å². The van der Waals surface area contributed by atoms with E-state index in [1.165, 1.54) is 24.3 Å². The van der Waals surface area contributed by atoms with Gasteiger partial charge >= 0.3 is 0 Å². The summed E-state index contributed by atoms with van der Waals surface area (Å²) in [6.45, 7) is 0.433. The van der Waals surface area contributed by atoms with Crippen molar-refractivity contribution in [1.82, 2.24) is 0 Å². The minimum Gasteiger partial charge on any atom is -0.491 e. The van der Waals surface area contributed by atoms with Gasteiger partial charge in [0.1, 0.15) is 24.3 Å². The van der Waals surface area contributed by atoms with Crippen LogP contribution in [0.4, 0.5) is 10.1 Å². The number of hydrogen-bond donors (Lipinski definition) is 2. The van der Waals surface area contributed by atoms with E-state index in [9.17, 15) is 9.50 Å². The maximum Gasteiger partial charge on any atom is 0.123 e. The zero-order valence-corrected chi connectivity index (χ0v) is 13.4.